The standard InChI is InChI=1S/C21H23N5O2/c1-28-18-17(25-19(27)16-13-26-12-4-9-23-20(26)24-16)14-5-2-3-6-15(14)21(18)7-10-22-11-8-21/h2-6,9,12-13,17-18,22H,7-8,10-11H2,1H3,(H,25,27)/t17-,18+/m1/s1. The summed E-state index contributed by atoms with van der Waals surface area (Å²) in [7, 11) is 1.74. The van der Waals surface area contributed by atoms with Crippen molar-refractivity contribution >= 4 is 11.7 Å². The minimum Gasteiger partial charge on any atom is -0.378 e. The number of fused-ring (bicyclic) bond motifs is 3. The summed E-state index contributed by atoms with van der Waals surface area (Å²) in [4.78, 5) is 21.6. The Balaban J connectivity index is 1.50. The summed E-state index contributed by atoms with van der Waals surface area (Å²) in [5.74, 6) is 0.302. The Bertz CT molecular complexity index is 991. The zero-order chi connectivity index (χ0) is 19.1. The highest BCUT2D eigenvalue weighted by molar-refractivity contribution is 5.93. The molecule has 3 aromatic rings. The maximum Gasteiger partial charge on any atom is 0.272 e. The van der Waals surface area contributed by atoms with Gasteiger partial charge < -0.3 is 15.4 Å². The van der Waals surface area contributed by atoms with E-state index in [1.807, 2.05) is 18.3 Å². The van der Waals surface area contributed by atoms with E-state index in [-0.39, 0.29) is 23.5 Å². The number of methoxy groups -OCH3 is 1. The first-order chi connectivity index (χ1) is 13.7. The summed E-state index contributed by atoms with van der Waals surface area (Å²) >= 11 is 0. The number of amides is 1. The molecule has 2 aliphatic rings. The van der Waals surface area contributed by atoms with Crippen molar-refractivity contribution in [1.82, 2.24) is 25.0 Å². The van der Waals surface area contributed by atoms with Crippen LogP contribution >= 0.6 is 0 Å². The van der Waals surface area contributed by atoms with Crippen molar-refractivity contribution in [3.05, 3.63) is 65.7 Å². The fourth-order valence-corrected chi connectivity index (χ4v) is 4.95. The topological polar surface area (TPSA) is 80.5 Å². The van der Waals surface area contributed by atoms with Crippen LogP contribution in [0.15, 0.2) is 48.9 Å². The number of piperidine rings is 1. The Morgan fingerprint density at radius 2 is 2.11 bits per heavy atom. The smallest absolute Gasteiger partial charge is 0.272 e. The van der Waals surface area contributed by atoms with Crippen LogP contribution in [-0.4, -0.2) is 46.6 Å². The monoisotopic (exact) mass is 377 g/mol. The molecule has 3 heterocycles. The molecule has 144 valence electrons. The molecule has 0 bridgehead atoms. The van der Waals surface area contributed by atoms with Gasteiger partial charge in [0.1, 0.15) is 5.69 Å². The third kappa shape index (κ3) is 2.54. The minimum atomic E-state index is -0.210. The van der Waals surface area contributed by atoms with E-state index in [9.17, 15) is 4.79 Å². The molecule has 7 nitrogen and oxygen atoms in total. The van der Waals surface area contributed by atoms with Crippen LogP contribution < -0.4 is 10.6 Å². The number of hydrogen-bond acceptors (Lipinski definition) is 5. The Morgan fingerprint density at radius 3 is 2.89 bits per heavy atom. The average molecular weight is 377 g/mol. The maximum atomic E-state index is 13.0. The Hall–Kier alpha value is -2.77. The van der Waals surface area contributed by atoms with Gasteiger partial charge in [-0.25, -0.2) is 9.97 Å². The van der Waals surface area contributed by atoms with E-state index in [4.69, 9.17) is 4.74 Å². The van der Waals surface area contributed by atoms with E-state index in [2.05, 4.69) is 38.8 Å². The van der Waals surface area contributed by atoms with E-state index in [0.717, 1.165) is 31.5 Å². The number of nitrogens with zero attached hydrogens (tertiary/aromatic N) is 3. The van der Waals surface area contributed by atoms with Crippen molar-refractivity contribution in [2.24, 2.45) is 0 Å². The quantitative estimate of drug-likeness (QED) is 0.728. The normalized spacial score (nSPS) is 23.0. The Morgan fingerprint density at radius 1 is 1.29 bits per heavy atom. The van der Waals surface area contributed by atoms with E-state index in [1.54, 1.807) is 23.9 Å². The molecular weight excluding hydrogens is 354 g/mol. The van der Waals surface area contributed by atoms with Gasteiger partial charge in [-0.05, 0) is 43.1 Å². The second-order valence-corrected chi connectivity index (χ2v) is 7.55. The summed E-state index contributed by atoms with van der Waals surface area (Å²) in [6.07, 6.45) is 7.09. The number of hydrogen-bond donors (Lipinski definition) is 2. The van der Waals surface area contributed by atoms with Crippen molar-refractivity contribution < 1.29 is 9.53 Å². The summed E-state index contributed by atoms with van der Waals surface area (Å²) < 4.78 is 7.76. The second-order valence-electron chi connectivity index (χ2n) is 7.55. The highest BCUT2D eigenvalue weighted by atomic mass is 16.5. The Labute approximate surface area is 163 Å². The number of imidazole rings is 1. The summed E-state index contributed by atoms with van der Waals surface area (Å²) in [5, 5.41) is 6.64. The molecule has 0 radical (unpaired) electrons. The van der Waals surface area contributed by atoms with E-state index < -0.39 is 0 Å². The van der Waals surface area contributed by atoms with Crippen molar-refractivity contribution in [3.63, 3.8) is 0 Å². The van der Waals surface area contributed by atoms with Gasteiger partial charge in [0.2, 0.25) is 5.78 Å². The predicted molar refractivity (Wildman–Crippen MR) is 104 cm³/mol. The van der Waals surface area contributed by atoms with Crippen molar-refractivity contribution in [1.29, 1.82) is 0 Å². The molecule has 5 rings (SSSR count). The van der Waals surface area contributed by atoms with E-state index in [1.165, 1.54) is 5.56 Å². The van der Waals surface area contributed by atoms with Gasteiger partial charge in [-0.15, -0.1) is 0 Å². The first-order valence-corrected chi connectivity index (χ1v) is 9.66. The average Bonchev–Trinajstić information content (AvgIpc) is 3.27. The van der Waals surface area contributed by atoms with Crippen LogP contribution in [0.2, 0.25) is 0 Å². The van der Waals surface area contributed by atoms with Crippen molar-refractivity contribution in [3.8, 4) is 0 Å². The molecule has 1 aliphatic heterocycles. The van der Waals surface area contributed by atoms with Crippen LogP contribution in [0.1, 0.15) is 40.5 Å². The maximum absolute atomic E-state index is 13.0. The van der Waals surface area contributed by atoms with Gasteiger partial charge in [-0.1, -0.05) is 24.3 Å². The number of carbonyl (C=O) groups is 1. The molecule has 0 saturated carbocycles. The molecule has 7 heteroatoms. The number of aromatic nitrogens is 3. The molecule has 2 atom stereocenters. The summed E-state index contributed by atoms with van der Waals surface area (Å²) in [6.45, 7) is 1.90. The lowest BCUT2D eigenvalue weighted by molar-refractivity contribution is 0.00392. The van der Waals surface area contributed by atoms with Gasteiger partial charge in [0, 0.05) is 31.1 Å². The first-order valence-electron chi connectivity index (χ1n) is 9.66. The van der Waals surface area contributed by atoms with Gasteiger partial charge in [-0.2, -0.15) is 0 Å². The minimum absolute atomic E-state index is 0.0744. The third-order valence-electron chi connectivity index (χ3n) is 6.18. The number of rotatable bonds is 3. The van der Waals surface area contributed by atoms with E-state index >= 15 is 0 Å². The largest absolute Gasteiger partial charge is 0.378 e. The number of benzene rings is 1. The van der Waals surface area contributed by atoms with Gasteiger partial charge in [0.15, 0.2) is 0 Å². The molecule has 1 saturated heterocycles. The predicted octanol–water partition coefficient (Wildman–Crippen LogP) is 1.85. The van der Waals surface area contributed by atoms with Crippen molar-refractivity contribution in [2.45, 2.75) is 30.4 Å². The molecule has 2 aromatic heterocycles. The molecule has 1 aromatic carbocycles. The number of carbonyl (C=O) groups excluding carboxylic acids is 1. The lowest BCUT2D eigenvalue weighted by Crippen LogP contribution is -2.49. The number of nitrogens with one attached hydrogen (secondary N) is 2. The molecule has 1 fully saturated rings. The van der Waals surface area contributed by atoms with Crippen LogP contribution in [0.3, 0.4) is 0 Å². The molecular formula is C21H23N5O2. The lowest BCUT2D eigenvalue weighted by Gasteiger charge is -2.40. The van der Waals surface area contributed by atoms with Gasteiger partial charge in [0.05, 0.1) is 12.1 Å². The van der Waals surface area contributed by atoms with Crippen LogP contribution in [0.4, 0.5) is 0 Å². The van der Waals surface area contributed by atoms with Crippen LogP contribution in [-0.2, 0) is 10.2 Å². The van der Waals surface area contributed by atoms with Gasteiger partial charge >= 0.3 is 0 Å². The highest BCUT2D eigenvalue weighted by Gasteiger charge is 2.53. The van der Waals surface area contributed by atoms with Gasteiger partial charge in [0.25, 0.3) is 5.91 Å². The zero-order valence-electron chi connectivity index (χ0n) is 15.8. The molecule has 1 amide bonds. The number of ether oxygens (including phenoxy) is 1. The molecule has 2 N–H and O–H groups in total. The van der Waals surface area contributed by atoms with Crippen LogP contribution in [0.5, 0.6) is 0 Å². The molecule has 28 heavy (non-hydrogen) atoms. The van der Waals surface area contributed by atoms with Crippen molar-refractivity contribution in [2.75, 3.05) is 20.2 Å². The van der Waals surface area contributed by atoms with Crippen LogP contribution in [0.25, 0.3) is 5.78 Å². The molecule has 1 aliphatic carbocycles. The summed E-state index contributed by atoms with van der Waals surface area (Å²) in [6, 6.07) is 10.0. The molecule has 1 spiro atoms. The first kappa shape index (κ1) is 17.3. The zero-order valence-corrected chi connectivity index (χ0v) is 15.8. The lowest BCUT2D eigenvalue weighted by atomic mass is 9.72. The second kappa shape index (κ2) is 6.68. The van der Waals surface area contributed by atoms with Gasteiger partial charge in [-0.3, -0.25) is 9.20 Å². The summed E-state index contributed by atoms with van der Waals surface area (Å²) in [5.41, 5.74) is 2.73. The fraction of sp³-hybridized carbons (Fsp3) is 0.381. The third-order valence-corrected chi connectivity index (χ3v) is 6.18. The highest BCUT2D eigenvalue weighted by Crippen LogP contribution is 2.51. The molecule has 0 unspecified atom stereocenters. The SMILES string of the molecule is CO[C@H]1[C@H](NC(=O)c2cn3cccnc3n2)c2ccccc2C12CCNCC2. The van der Waals surface area contributed by atoms with Crippen LogP contribution in [0, 0.1) is 0 Å². The van der Waals surface area contributed by atoms with E-state index in [0.29, 0.717) is 11.5 Å². The Kier molecular flexibility index (Phi) is 4.14. The fourth-order valence-electron chi connectivity index (χ4n) is 4.95.